The Kier molecular flexibility index (Phi) is 3.04. The van der Waals surface area contributed by atoms with Gasteiger partial charge in [0, 0.05) is 0 Å². The Labute approximate surface area is 51.1 Å². The van der Waals surface area contributed by atoms with E-state index < -0.39 is 10.9 Å². The number of methoxy groups -OCH3 is 1. The van der Waals surface area contributed by atoms with Crippen molar-refractivity contribution in [2.45, 2.75) is 0 Å². The Balaban J connectivity index is 3.71. The van der Waals surface area contributed by atoms with Crippen LogP contribution in [-0.2, 0) is 9.53 Å². The first kappa shape index (κ1) is 7.61. The van der Waals surface area contributed by atoms with Crippen LogP contribution in [0.4, 0.5) is 0 Å². The molecule has 0 aliphatic heterocycles. The molecule has 0 heterocycles. The standard InChI is InChI=1S/C4H5NO4/c1-9-4(6)2-3-5(7)8/h2-3H,1H3/b3-2+. The van der Waals surface area contributed by atoms with Crippen LogP contribution in [0.15, 0.2) is 12.3 Å². The van der Waals surface area contributed by atoms with Crippen LogP contribution in [0.5, 0.6) is 0 Å². The Morgan fingerprint density at radius 3 is 2.67 bits per heavy atom. The Morgan fingerprint density at radius 2 is 2.33 bits per heavy atom. The van der Waals surface area contributed by atoms with E-state index in [1.165, 1.54) is 0 Å². The van der Waals surface area contributed by atoms with Gasteiger partial charge in [-0.1, -0.05) is 0 Å². The molecule has 0 atom stereocenters. The molecule has 0 saturated heterocycles. The maximum Gasteiger partial charge on any atom is 0.336 e. The number of esters is 1. The molecule has 0 aromatic rings. The predicted molar refractivity (Wildman–Crippen MR) is 28.2 cm³/mol. The first-order valence-electron chi connectivity index (χ1n) is 2.06. The lowest BCUT2D eigenvalue weighted by molar-refractivity contribution is -0.402. The molecule has 0 saturated carbocycles. The van der Waals surface area contributed by atoms with Gasteiger partial charge < -0.3 is 4.74 Å². The Morgan fingerprint density at radius 1 is 1.78 bits per heavy atom. The number of nitrogens with zero attached hydrogens (tertiary/aromatic N) is 1. The second-order valence-electron chi connectivity index (χ2n) is 1.12. The number of ether oxygens (including phenoxy) is 1. The molecule has 0 aromatic carbocycles. The maximum atomic E-state index is 10.1. The molecule has 0 N–H and O–H groups in total. The first-order chi connectivity index (χ1) is 4.16. The summed E-state index contributed by atoms with van der Waals surface area (Å²) in [5, 5.41) is 9.53. The van der Waals surface area contributed by atoms with Crippen LogP contribution in [0.25, 0.3) is 0 Å². The monoisotopic (exact) mass is 131 g/mol. The van der Waals surface area contributed by atoms with Crippen molar-refractivity contribution in [2.75, 3.05) is 7.11 Å². The van der Waals surface area contributed by atoms with Gasteiger partial charge in [-0.25, -0.2) is 4.79 Å². The molecule has 50 valence electrons. The Bertz CT molecular complexity index is 151. The van der Waals surface area contributed by atoms with E-state index in [0.29, 0.717) is 6.20 Å². The lowest BCUT2D eigenvalue weighted by Crippen LogP contribution is -1.95. The van der Waals surface area contributed by atoms with E-state index in [0.717, 1.165) is 13.2 Å². The lowest BCUT2D eigenvalue weighted by atomic mass is 10.6. The summed E-state index contributed by atoms with van der Waals surface area (Å²) < 4.78 is 4.07. The number of nitro groups is 1. The normalized spacial score (nSPS) is 9.44. The van der Waals surface area contributed by atoms with Crippen LogP contribution >= 0.6 is 0 Å². The van der Waals surface area contributed by atoms with Crippen molar-refractivity contribution < 1.29 is 14.5 Å². The molecule has 5 nitrogen and oxygen atoms in total. The highest BCUT2D eigenvalue weighted by Gasteiger charge is 1.93. The average molecular weight is 131 g/mol. The van der Waals surface area contributed by atoms with Gasteiger partial charge in [-0.05, 0) is 0 Å². The minimum Gasteiger partial charge on any atom is -0.466 e. The summed E-state index contributed by atoms with van der Waals surface area (Å²) in [6.45, 7) is 0. The van der Waals surface area contributed by atoms with Gasteiger partial charge in [-0.15, -0.1) is 0 Å². The first-order valence-corrected chi connectivity index (χ1v) is 2.06. The molecule has 0 fully saturated rings. The zero-order valence-electron chi connectivity index (χ0n) is 4.73. The van der Waals surface area contributed by atoms with Crippen LogP contribution in [-0.4, -0.2) is 18.0 Å². The lowest BCUT2D eigenvalue weighted by Gasteiger charge is -1.84. The summed E-state index contributed by atoms with van der Waals surface area (Å²) in [4.78, 5) is 18.9. The van der Waals surface area contributed by atoms with Crippen LogP contribution in [0.3, 0.4) is 0 Å². The van der Waals surface area contributed by atoms with Crippen molar-refractivity contribution in [2.24, 2.45) is 0 Å². The fraction of sp³-hybridized carbons (Fsp3) is 0.250. The second-order valence-corrected chi connectivity index (χ2v) is 1.12. The average Bonchev–Trinajstić information content (AvgIpc) is 1.83. The van der Waals surface area contributed by atoms with Gasteiger partial charge in [0.2, 0.25) is 6.20 Å². The number of rotatable bonds is 2. The second kappa shape index (κ2) is 3.59. The van der Waals surface area contributed by atoms with Crippen LogP contribution < -0.4 is 0 Å². The fourth-order valence-electron chi connectivity index (χ4n) is 0.190. The SMILES string of the molecule is COC(=O)/C=C/[N+](=O)[O-]. The van der Waals surface area contributed by atoms with Gasteiger partial charge in [0.1, 0.15) is 0 Å². The summed E-state index contributed by atoms with van der Waals surface area (Å²) in [5.74, 6) is -0.730. The highest BCUT2D eigenvalue weighted by atomic mass is 16.6. The van der Waals surface area contributed by atoms with E-state index in [-0.39, 0.29) is 0 Å². The van der Waals surface area contributed by atoms with Gasteiger partial charge in [0.05, 0.1) is 18.1 Å². The molecule has 5 heteroatoms. The van der Waals surface area contributed by atoms with Crippen molar-refractivity contribution in [1.29, 1.82) is 0 Å². The highest BCUT2D eigenvalue weighted by molar-refractivity contribution is 5.81. The van der Waals surface area contributed by atoms with Crippen molar-refractivity contribution in [3.63, 3.8) is 0 Å². The van der Waals surface area contributed by atoms with E-state index in [1.807, 2.05) is 0 Å². The molecule has 0 bridgehead atoms. The van der Waals surface area contributed by atoms with Gasteiger partial charge >= 0.3 is 5.97 Å². The molecule has 0 spiro atoms. The molecule has 0 radical (unpaired) electrons. The van der Waals surface area contributed by atoms with Gasteiger partial charge in [-0.3, -0.25) is 10.1 Å². The topological polar surface area (TPSA) is 69.4 Å². The summed E-state index contributed by atoms with van der Waals surface area (Å²) in [5.41, 5.74) is 0. The Hall–Kier alpha value is -1.39. The van der Waals surface area contributed by atoms with E-state index in [9.17, 15) is 14.9 Å². The minimum atomic E-state index is -0.739. The highest BCUT2D eigenvalue weighted by Crippen LogP contribution is 1.77. The molecule has 0 aromatic heterocycles. The number of carbonyl (C=O) groups is 1. The quantitative estimate of drug-likeness (QED) is 0.228. The third kappa shape index (κ3) is 4.46. The molecule has 9 heavy (non-hydrogen) atoms. The zero-order valence-corrected chi connectivity index (χ0v) is 4.73. The molecule has 0 aliphatic rings. The predicted octanol–water partition coefficient (Wildman–Crippen LogP) is -0.0502. The van der Waals surface area contributed by atoms with Gasteiger partial charge in [0.15, 0.2) is 0 Å². The largest absolute Gasteiger partial charge is 0.466 e. The fourth-order valence-corrected chi connectivity index (χ4v) is 0.190. The minimum absolute atomic E-state index is 0.520. The van der Waals surface area contributed by atoms with Crippen LogP contribution in [0.2, 0.25) is 0 Å². The van der Waals surface area contributed by atoms with Crippen molar-refractivity contribution in [1.82, 2.24) is 0 Å². The van der Waals surface area contributed by atoms with Crippen LogP contribution in [0.1, 0.15) is 0 Å². The van der Waals surface area contributed by atoms with Gasteiger partial charge in [0.25, 0.3) is 0 Å². The molecule has 0 unspecified atom stereocenters. The van der Waals surface area contributed by atoms with Crippen molar-refractivity contribution in [3.8, 4) is 0 Å². The van der Waals surface area contributed by atoms with Crippen molar-refractivity contribution >= 4 is 5.97 Å². The van der Waals surface area contributed by atoms with Crippen molar-refractivity contribution in [3.05, 3.63) is 22.4 Å². The summed E-state index contributed by atoms with van der Waals surface area (Å²) >= 11 is 0. The summed E-state index contributed by atoms with van der Waals surface area (Å²) in [6, 6.07) is 0. The molecule has 0 amide bonds. The third-order valence-corrected chi connectivity index (χ3v) is 0.534. The molecular formula is C4H5NO4. The molecule has 0 aliphatic carbocycles. The third-order valence-electron chi connectivity index (χ3n) is 0.534. The number of hydrogen-bond acceptors (Lipinski definition) is 4. The van der Waals surface area contributed by atoms with Crippen LogP contribution in [0, 0.1) is 10.1 Å². The van der Waals surface area contributed by atoms with E-state index in [2.05, 4.69) is 4.74 Å². The van der Waals surface area contributed by atoms with Gasteiger partial charge in [-0.2, -0.15) is 0 Å². The zero-order chi connectivity index (χ0) is 7.28. The van der Waals surface area contributed by atoms with E-state index in [1.54, 1.807) is 0 Å². The molecular weight excluding hydrogens is 126 g/mol. The summed E-state index contributed by atoms with van der Waals surface area (Å²) in [6.07, 6.45) is 1.26. The maximum absolute atomic E-state index is 10.1. The number of hydrogen-bond donors (Lipinski definition) is 0. The summed E-state index contributed by atoms with van der Waals surface area (Å²) in [7, 11) is 1.15. The number of carbonyl (C=O) groups excluding carboxylic acids is 1. The smallest absolute Gasteiger partial charge is 0.336 e. The van der Waals surface area contributed by atoms with E-state index >= 15 is 0 Å². The van der Waals surface area contributed by atoms with E-state index in [4.69, 9.17) is 0 Å². The molecule has 0 rings (SSSR count).